The average Bonchev–Trinajstić information content (AvgIpc) is 3.12. The summed E-state index contributed by atoms with van der Waals surface area (Å²) in [5, 5.41) is 2.01. The van der Waals surface area contributed by atoms with Gasteiger partial charge >= 0.3 is 0 Å². The Morgan fingerprint density at radius 2 is 1.77 bits per heavy atom. The molecule has 0 fully saturated rings. The second-order valence-electron chi connectivity index (χ2n) is 8.16. The van der Waals surface area contributed by atoms with Crippen molar-refractivity contribution in [1.82, 2.24) is 9.80 Å². The third-order valence-corrected chi connectivity index (χ3v) is 5.99. The number of halogens is 1. The van der Waals surface area contributed by atoms with Crippen LogP contribution in [0.2, 0.25) is 0 Å². The van der Waals surface area contributed by atoms with Crippen molar-refractivity contribution in [2.75, 3.05) is 26.8 Å². The first-order valence-electron chi connectivity index (χ1n) is 10.6. The van der Waals surface area contributed by atoms with E-state index in [9.17, 15) is 14.0 Å². The second kappa shape index (κ2) is 12.6. The van der Waals surface area contributed by atoms with Crippen LogP contribution in [0.5, 0.6) is 0 Å². The quantitative estimate of drug-likeness (QED) is 0.445. The van der Waals surface area contributed by atoms with Gasteiger partial charge in [0.1, 0.15) is 5.82 Å². The van der Waals surface area contributed by atoms with Crippen molar-refractivity contribution in [3.8, 4) is 0 Å². The molecule has 2 amide bonds. The molecule has 0 saturated carbocycles. The molecule has 0 radical (unpaired) electrons. The Morgan fingerprint density at radius 3 is 2.35 bits per heavy atom. The lowest BCUT2D eigenvalue weighted by molar-refractivity contribution is -0.141. The van der Waals surface area contributed by atoms with Gasteiger partial charge in [0.05, 0.1) is 13.1 Å². The third-order valence-electron chi connectivity index (χ3n) is 4.98. The monoisotopic (exact) mass is 448 g/mol. The van der Waals surface area contributed by atoms with Crippen molar-refractivity contribution in [1.29, 1.82) is 0 Å². The number of nitrogens with zero attached hydrogens (tertiary/aromatic N) is 2. The fourth-order valence-electron chi connectivity index (χ4n) is 3.22. The van der Waals surface area contributed by atoms with E-state index in [1.54, 1.807) is 40.4 Å². The van der Waals surface area contributed by atoms with E-state index in [-0.39, 0.29) is 30.1 Å². The van der Waals surface area contributed by atoms with Crippen molar-refractivity contribution in [2.24, 2.45) is 5.92 Å². The van der Waals surface area contributed by atoms with Gasteiger partial charge in [-0.05, 0) is 54.0 Å². The molecule has 1 aromatic carbocycles. The molecular weight excluding hydrogens is 415 g/mol. The lowest BCUT2D eigenvalue weighted by atomic mass is 10.1. The van der Waals surface area contributed by atoms with Crippen LogP contribution in [0.25, 0.3) is 0 Å². The molecule has 0 aliphatic heterocycles. The Labute approximate surface area is 188 Å². The zero-order chi connectivity index (χ0) is 22.8. The Hall–Kier alpha value is -2.25. The van der Waals surface area contributed by atoms with Gasteiger partial charge in [-0.3, -0.25) is 9.59 Å². The molecule has 0 aliphatic rings. The van der Waals surface area contributed by atoms with Crippen LogP contribution in [0.1, 0.15) is 42.7 Å². The normalized spacial score (nSPS) is 11.0. The standard InChI is InChI=1S/C24H33FN2O3S/c1-18(2)14-23(28)26(11-5-12-30-4)17-24(29)27(16-22-19(3)10-13-31-22)15-20-6-8-21(25)9-7-20/h6-10,13,18H,5,11-12,14-17H2,1-4H3. The lowest BCUT2D eigenvalue weighted by Gasteiger charge is -2.28. The summed E-state index contributed by atoms with van der Waals surface area (Å²) in [7, 11) is 1.62. The van der Waals surface area contributed by atoms with E-state index in [0.29, 0.717) is 39.1 Å². The fraction of sp³-hybridized carbons (Fsp3) is 0.500. The molecular formula is C24H33FN2O3S. The maximum atomic E-state index is 13.3. The number of carbonyl (C=O) groups is 2. The zero-order valence-electron chi connectivity index (χ0n) is 18.9. The Kier molecular flexibility index (Phi) is 10.1. The number of amides is 2. The van der Waals surface area contributed by atoms with Gasteiger partial charge in [0.25, 0.3) is 0 Å². The predicted molar refractivity (Wildman–Crippen MR) is 122 cm³/mol. The summed E-state index contributed by atoms with van der Waals surface area (Å²) in [6, 6.07) is 8.22. The number of rotatable bonds is 12. The Morgan fingerprint density at radius 1 is 1.06 bits per heavy atom. The Balaban J connectivity index is 2.18. The molecule has 5 nitrogen and oxygen atoms in total. The van der Waals surface area contributed by atoms with Crippen molar-refractivity contribution in [3.63, 3.8) is 0 Å². The molecule has 0 atom stereocenters. The molecule has 0 unspecified atom stereocenters. The number of benzene rings is 1. The van der Waals surface area contributed by atoms with E-state index in [0.717, 1.165) is 16.0 Å². The topological polar surface area (TPSA) is 49.9 Å². The minimum atomic E-state index is -0.306. The predicted octanol–water partition coefficient (Wildman–Crippen LogP) is 4.64. The molecule has 1 aromatic heterocycles. The number of hydrogen-bond donors (Lipinski definition) is 0. The van der Waals surface area contributed by atoms with Gasteiger partial charge in [0, 0.05) is 38.1 Å². The van der Waals surface area contributed by atoms with Gasteiger partial charge < -0.3 is 14.5 Å². The first kappa shape index (κ1) is 25.0. The van der Waals surface area contributed by atoms with Crippen LogP contribution >= 0.6 is 11.3 Å². The van der Waals surface area contributed by atoms with Crippen LogP contribution in [0.4, 0.5) is 4.39 Å². The highest BCUT2D eigenvalue weighted by Crippen LogP contribution is 2.20. The maximum Gasteiger partial charge on any atom is 0.242 e. The molecule has 1 heterocycles. The van der Waals surface area contributed by atoms with E-state index in [4.69, 9.17) is 4.74 Å². The molecule has 0 saturated heterocycles. The maximum absolute atomic E-state index is 13.3. The van der Waals surface area contributed by atoms with Crippen LogP contribution in [-0.4, -0.2) is 48.4 Å². The molecule has 170 valence electrons. The van der Waals surface area contributed by atoms with Gasteiger partial charge in [-0.1, -0.05) is 26.0 Å². The summed E-state index contributed by atoms with van der Waals surface area (Å²) in [6.45, 7) is 7.88. The van der Waals surface area contributed by atoms with E-state index in [1.165, 1.54) is 12.1 Å². The molecule has 0 N–H and O–H groups in total. The van der Waals surface area contributed by atoms with Gasteiger partial charge in [0.2, 0.25) is 11.8 Å². The van der Waals surface area contributed by atoms with E-state index >= 15 is 0 Å². The van der Waals surface area contributed by atoms with E-state index in [1.807, 2.05) is 32.2 Å². The van der Waals surface area contributed by atoms with Crippen LogP contribution in [0, 0.1) is 18.7 Å². The number of hydrogen-bond acceptors (Lipinski definition) is 4. The number of thiophene rings is 1. The highest BCUT2D eigenvalue weighted by molar-refractivity contribution is 7.10. The van der Waals surface area contributed by atoms with Gasteiger partial charge in [0.15, 0.2) is 0 Å². The highest BCUT2D eigenvalue weighted by atomic mass is 32.1. The summed E-state index contributed by atoms with van der Waals surface area (Å²) < 4.78 is 18.4. The SMILES string of the molecule is COCCCN(CC(=O)N(Cc1ccc(F)cc1)Cc1sccc1C)C(=O)CC(C)C. The van der Waals surface area contributed by atoms with Gasteiger partial charge in [-0.15, -0.1) is 11.3 Å². The first-order chi connectivity index (χ1) is 14.8. The smallest absolute Gasteiger partial charge is 0.242 e. The largest absolute Gasteiger partial charge is 0.385 e. The van der Waals surface area contributed by atoms with Crippen LogP contribution in [0.3, 0.4) is 0 Å². The molecule has 7 heteroatoms. The van der Waals surface area contributed by atoms with Crippen LogP contribution in [-0.2, 0) is 27.4 Å². The minimum Gasteiger partial charge on any atom is -0.385 e. The van der Waals surface area contributed by atoms with Gasteiger partial charge in [-0.2, -0.15) is 0 Å². The second-order valence-corrected chi connectivity index (χ2v) is 9.16. The molecule has 0 bridgehead atoms. The van der Waals surface area contributed by atoms with Crippen LogP contribution in [0.15, 0.2) is 35.7 Å². The summed E-state index contributed by atoms with van der Waals surface area (Å²) in [4.78, 5) is 30.6. The van der Waals surface area contributed by atoms with E-state index in [2.05, 4.69) is 0 Å². The average molecular weight is 449 g/mol. The minimum absolute atomic E-state index is 0.0199. The number of methoxy groups -OCH3 is 1. The van der Waals surface area contributed by atoms with Crippen molar-refractivity contribution in [2.45, 2.75) is 46.7 Å². The van der Waals surface area contributed by atoms with Gasteiger partial charge in [-0.25, -0.2) is 4.39 Å². The Bertz CT molecular complexity index is 836. The lowest BCUT2D eigenvalue weighted by Crippen LogP contribution is -2.43. The van der Waals surface area contributed by atoms with Crippen molar-refractivity contribution < 1.29 is 18.7 Å². The number of ether oxygens (including phenoxy) is 1. The zero-order valence-corrected chi connectivity index (χ0v) is 19.7. The molecule has 2 rings (SSSR count). The van der Waals surface area contributed by atoms with Crippen molar-refractivity contribution >= 4 is 23.2 Å². The molecule has 0 aliphatic carbocycles. The first-order valence-corrected chi connectivity index (χ1v) is 11.5. The summed E-state index contributed by atoms with van der Waals surface area (Å²) in [6.07, 6.45) is 1.08. The fourth-order valence-corrected chi connectivity index (χ4v) is 4.14. The van der Waals surface area contributed by atoms with E-state index < -0.39 is 0 Å². The molecule has 2 aromatic rings. The number of aryl methyl sites for hydroxylation is 1. The highest BCUT2D eigenvalue weighted by Gasteiger charge is 2.23. The van der Waals surface area contributed by atoms with Crippen molar-refractivity contribution in [3.05, 3.63) is 57.5 Å². The molecule has 0 spiro atoms. The summed E-state index contributed by atoms with van der Waals surface area (Å²) in [5.41, 5.74) is 1.98. The summed E-state index contributed by atoms with van der Waals surface area (Å²) >= 11 is 1.61. The summed E-state index contributed by atoms with van der Waals surface area (Å²) in [5.74, 6) is -0.226. The number of carbonyl (C=O) groups excluding carboxylic acids is 2. The molecule has 31 heavy (non-hydrogen) atoms. The third kappa shape index (κ3) is 8.42. The van der Waals surface area contributed by atoms with Crippen LogP contribution < -0.4 is 0 Å².